The van der Waals surface area contributed by atoms with Gasteiger partial charge >= 0.3 is 0 Å². The maximum absolute atomic E-state index is 13.8. The molecule has 0 radical (unpaired) electrons. The van der Waals surface area contributed by atoms with E-state index in [1.54, 1.807) is 0 Å². The van der Waals surface area contributed by atoms with Crippen LogP contribution in [0.25, 0.3) is 0 Å². The van der Waals surface area contributed by atoms with Crippen LogP contribution < -0.4 is 10.6 Å². The lowest BCUT2D eigenvalue weighted by atomic mass is 9.82. The van der Waals surface area contributed by atoms with Gasteiger partial charge in [-0.15, -0.1) is 24.7 Å². The summed E-state index contributed by atoms with van der Waals surface area (Å²) in [6.45, 7) is 6.46. The number of aliphatic hydroxyl groups excluding tert-OH is 2. The van der Waals surface area contributed by atoms with Crippen molar-refractivity contribution in [3.8, 4) is 24.7 Å². The first-order valence-electron chi connectivity index (χ1n) is 16.5. The second-order valence-corrected chi connectivity index (χ2v) is 14.4. The molecule has 0 saturated heterocycles. The van der Waals surface area contributed by atoms with Crippen molar-refractivity contribution in [1.82, 2.24) is 19.8 Å². The maximum atomic E-state index is 13.8. The van der Waals surface area contributed by atoms with Gasteiger partial charge in [0.1, 0.15) is 12.1 Å². The van der Waals surface area contributed by atoms with Gasteiger partial charge in [0.05, 0.1) is 23.8 Å². The lowest BCUT2D eigenvalue weighted by Gasteiger charge is -2.33. The predicted octanol–water partition coefficient (Wildman–Crippen LogP) is 2.16. The minimum atomic E-state index is -3.84. The summed E-state index contributed by atoms with van der Waals surface area (Å²) in [5.74, 6) is 2.35. The Kier molecular flexibility index (Phi) is 17.4. The normalized spacial score (nSPS) is 17.3. The van der Waals surface area contributed by atoms with Crippen molar-refractivity contribution >= 4 is 21.8 Å². The molecule has 2 rings (SSSR count). The molecule has 1 aliphatic rings. The molecule has 46 heavy (non-hydrogen) atoms. The summed E-state index contributed by atoms with van der Waals surface area (Å²) in [7, 11) is -2.33. The molecule has 1 aliphatic carbocycles. The SMILES string of the molecule is C#CCC(NC(=O)C(Cc1ccccc1)CS(=O)(=O)N(C)CCN(CC)CC)C(=O)NC(CC1CCCCC1)C(O)C(O)CC#C. The Balaban J connectivity index is 2.26. The summed E-state index contributed by atoms with van der Waals surface area (Å²) in [6, 6.07) is 7.12. The number of hydrogen-bond acceptors (Lipinski definition) is 7. The number of carbonyl (C=O) groups is 2. The molecule has 5 atom stereocenters. The number of sulfonamides is 1. The number of amides is 2. The largest absolute Gasteiger partial charge is 0.389 e. The summed E-state index contributed by atoms with van der Waals surface area (Å²) in [5, 5.41) is 27.0. The number of nitrogens with zero attached hydrogens (tertiary/aromatic N) is 2. The zero-order valence-electron chi connectivity index (χ0n) is 27.7. The smallest absolute Gasteiger partial charge is 0.243 e. The van der Waals surface area contributed by atoms with Crippen molar-refractivity contribution in [2.75, 3.05) is 39.0 Å². The molecule has 1 aromatic rings. The fraction of sp³-hybridized carbons (Fsp3) is 0.657. The Hall–Kier alpha value is -2.93. The van der Waals surface area contributed by atoms with Crippen molar-refractivity contribution in [2.24, 2.45) is 11.8 Å². The Morgan fingerprint density at radius 2 is 1.59 bits per heavy atom. The summed E-state index contributed by atoms with van der Waals surface area (Å²) in [4.78, 5) is 29.5. The average molecular weight is 659 g/mol. The molecule has 0 aliphatic heterocycles. The number of nitrogens with one attached hydrogen (secondary N) is 2. The standard InChI is InChI=1S/C35H54N4O6S/c1-6-16-30(35(43)37-31(33(41)32(40)17-7-2)25-28-20-14-11-15-21-28)36-34(42)29(24-27-18-12-10-13-19-27)26-46(44,45)38(5)22-23-39(8-3)9-4/h1-2,10,12-13,18-19,28-33,40-41H,8-9,11,14-17,20-26H2,3-5H3,(H,36,42)(H,37,43). The lowest BCUT2D eigenvalue weighted by Crippen LogP contribution is -2.56. The number of benzene rings is 1. The molecule has 4 N–H and O–H groups in total. The van der Waals surface area contributed by atoms with Gasteiger partial charge in [0.2, 0.25) is 21.8 Å². The Morgan fingerprint density at radius 3 is 2.17 bits per heavy atom. The highest BCUT2D eigenvalue weighted by Gasteiger charge is 2.34. The molecule has 5 unspecified atom stereocenters. The van der Waals surface area contributed by atoms with E-state index in [-0.39, 0.29) is 31.7 Å². The molecule has 256 valence electrons. The van der Waals surface area contributed by atoms with Crippen LogP contribution in [-0.2, 0) is 26.0 Å². The summed E-state index contributed by atoms with van der Waals surface area (Å²) in [6.07, 6.45) is 13.9. The van der Waals surface area contributed by atoms with Crippen molar-refractivity contribution in [3.63, 3.8) is 0 Å². The zero-order valence-corrected chi connectivity index (χ0v) is 28.6. The topological polar surface area (TPSA) is 139 Å². The fourth-order valence-electron chi connectivity index (χ4n) is 5.94. The molecule has 0 spiro atoms. The molecule has 0 heterocycles. The van der Waals surface area contributed by atoms with Gasteiger partial charge in [-0.1, -0.05) is 76.3 Å². The fourth-order valence-corrected chi connectivity index (χ4v) is 7.34. The van der Waals surface area contributed by atoms with Gasteiger partial charge in [-0.3, -0.25) is 9.59 Å². The van der Waals surface area contributed by atoms with Crippen molar-refractivity contribution < 1.29 is 28.2 Å². The van der Waals surface area contributed by atoms with E-state index in [1.165, 1.54) is 11.4 Å². The van der Waals surface area contributed by atoms with E-state index in [0.717, 1.165) is 50.8 Å². The summed E-state index contributed by atoms with van der Waals surface area (Å²) < 4.78 is 28.2. The second kappa shape index (κ2) is 20.3. The molecular formula is C35H54N4O6S. The Morgan fingerprint density at radius 1 is 0.957 bits per heavy atom. The van der Waals surface area contributed by atoms with Gasteiger partial charge in [0.25, 0.3) is 0 Å². The predicted molar refractivity (Wildman–Crippen MR) is 182 cm³/mol. The van der Waals surface area contributed by atoms with Crippen LogP contribution in [0.15, 0.2) is 30.3 Å². The van der Waals surface area contributed by atoms with Gasteiger partial charge in [-0.25, -0.2) is 12.7 Å². The van der Waals surface area contributed by atoms with Crippen LogP contribution in [0, 0.1) is 36.5 Å². The van der Waals surface area contributed by atoms with Crippen molar-refractivity contribution in [1.29, 1.82) is 0 Å². The highest BCUT2D eigenvalue weighted by molar-refractivity contribution is 7.89. The third kappa shape index (κ3) is 13.1. The molecule has 1 saturated carbocycles. The Bertz CT molecular complexity index is 1250. The monoisotopic (exact) mass is 658 g/mol. The van der Waals surface area contributed by atoms with Crippen molar-refractivity contribution in [3.05, 3.63) is 35.9 Å². The molecular weight excluding hydrogens is 604 g/mol. The van der Waals surface area contributed by atoms with E-state index in [9.17, 15) is 28.2 Å². The molecule has 0 bridgehead atoms. The number of likely N-dealkylation sites (N-methyl/N-ethyl adjacent to an activating group) is 2. The van der Waals surface area contributed by atoms with Gasteiger partial charge in [-0.05, 0) is 37.4 Å². The molecule has 0 aromatic heterocycles. The quantitative estimate of drug-likeness (QED) is 0.158. The first kappa shape index (κ1) is 39.2. The van der Waals surface area contributed by atoms with Crippen LogP contribution in [-0.4, -0.2) is 103 Å². The minimum absolute atomic E-state index is 0.0816. The molecule has 2 amide bonds. The first-order valence-corrected chi connectivity index (χ1v) is 18.1. The highest BCUT2D eigenvalue weighted by Crippen LogP contribution is 2.28. The maximum Gasteiger partial charge on any atom is 0.243 e. The Labute approximate surface area is 276 Å². The van der Waals surface area contributed by atoms with Gasteiger partial charge in [-0.2, -0.15) is 0 Å². The molecule has 10 nitrogen and oxygen atoms in total. The van der Waals surface area contributed by atoms with E-state index in [0.29, 0.717) is 13.0 Å². The number of hydrogen-bond donors (Lipinski definition) is 4. The van der Waals surface area contributed by atoms with E-state index < -0.39 is 57.8 Å². The average Bonchev–Trinajstić information content (AvgIpc) is 3.04. The van der Waals surface area contributed by atoms with Gasteiger partial charge < -0.3 is 25.7 Å². The van der Waals surface area contributed by atoms with Crippen LogP contribution in [0.3, 0.4) is 0 Å². The molecule has 11 heteroatoms. The van der Waals surface area contributed by atoms with Gasteiger partial charge in [0.15, 0.2) is 0 Å². The molecule has 1 fully saturated rings. The number of terminal acetylenes is 2. The highest BCUT2D eigenvalue weighted by atomic mass is 32.2. The van der Waals surface area contributed by atoms with Gasteiger partial charge in [0, 0.05) is 33.0 Å². The number of rotatable bonds is 20. The third-order valence-corrected chi connectivity index (χ3v) is 10.9. The van der Waals surface area contributed by atoms with E-state index in [2.05, 4.69) is 27.4 Å². The van der Waals surface area contributed by atoms with E-state index in [4.69, 9.17) is 12.8 Å². The molecule has 1 aromatic carbocycles. The zero-order chi connectivity index (χ0) is 34.1. The summed E-state index contributed by atoms with van der Waals surface area (Å²) >= 11 is 0. The van der Waals surface area contributed by atoms with E-state index in [1.807, 2.05) is 44.2 Å². The first-order chi connectivity index (χ1) is 21.9. The van der Waals surface area contributed by atoms with Crippen LogP contribution >= 0.6 is 0 Å². The van der Waals surface area contributed by atoms with Crippen molar-refractivity contribution in [2.45, 2.75) is 95.9 Å². The number of carbonyl (C=O) groups excluding carboxylic acids is 2. The van der Waals surface area contributed by atoms with E-state index >= 15 is 0 Å². The summed E-state index contributed by atoms with van der Waals surface area (Å²) in [5.41, 5.74) is 0.778. The third-order valence-electron chi connectivity index (χ3n) is 8.94. The van der Waals surface area contributed by atoms with Crippen LogP contribution in [0.4, 0.5) is 0 Å². The minimum Gasteiger partial charge on any atom is -0.389 e. The van der Waals surface area contributed by atoms with Crippen LogP contribution in [0.1, 0.15) is 70.8 Å². The lowest BCUT2D eigenvalue weighted by molar-refractivity contribution is -0.132. The number of aliphatic hydroxyl groups is 2. The van der Waals surface area contributed by atoms with Crippen LogP contribution in [0.5, 0.6) is 0 Å². The second-order valence-electron chi connectivity index (χ2n) is 12.3. The van der Waals surface area contributed by atoms with Crippen LogP contribution in [0.2, 0.25) is 0 Å².